The maximum Gasteiger partial charge on any atom is 0.206 e. The number of rotatable bonds is 7. The molecule has 1 aromatic carbocycles. The Kier molecular flexibility index (Phi) is 5.32. The molecule has 3 N–H and O–H groups in total. The first kappa shape index (κ1) is 20.4. The molecule has 33 heavy (non-hydrogen) atoms. The SMILES string of the molecule is CC(c1ccnc(Nc2nc3ccc(-c4cnn(CC5CC5)c4)cc3[nH]2)c1)N1CCNCC1. The van der Waals surface area contributed by atoms with Crippen LogP contribution in [-0.4, -0.2) is 55.8 Å². The van der Waals surface area contributed by atoms with Gasteiger partial charge < -0.3 is 15.6 Å². The minimum Gasteiger partial charge on any atom is -0.324 e. The Morgan fingerprint density at radius 1 is 1.12 bits per heavy atom. The zero-order valence-electron chi connectivity index (χ0n) is 19.0. The van der Waals surface area contributed by atoms with Crippen molar-refractivity contribution in [1.82, 2.24) is 34.9 Å². The second-order valence-electron chi connectivity index (χ2n) is 9.27. The Hall–Kier alpha value is -3.23. The highest BCUT2D eigenvalue weighted by molar-refractivity contribution is 5.83. The number of piperazine rings is 1. The zero-order valence-corrected chi connectivity index (χ0v) is 19.0. The molecule has 0 radical (unpaired) electrons. The van der Waals surface area contributed by atoms with Gasteiger partial charge in [-0.2, -0.15) is 5.10 Å². The molecular formula is C25H30N8. The summed E-state index contributed by atoms with van der Waals surface area (Å²) < 4.78 is 2.07. The van der Waals surface area contributed by atoms with E-state index in [2.05, 4.69) is 78.7 Å². The van der Waals surface area contributed by atoms with E-state index in [1.165, 1.54) is 18.4 Å². The largest absolute Gasteiger partial charge is 0.324 e. The van der Waals surface area contributed by atoms with Gasteiger partial charge in [0.2, 0.25) is 5.95 Å². The van der Waals surface area contributed by atoms with Gasteiger partial charge in [0.1, 0.15) is 5.82 Å². The van der Waals surface area contributed by atoms with Gasteiger partial charge in [-0.05, 0) is 61.1 Å². The van der Waals surface area contributed by atoms with Crippen molar-refractivity contribution in [2.75, 3.05) is 31.5 Å². The molecule has 0 amide bonds. The molecule has 4 aromatic rings. The molecule has 4 heterocycles. The van der Waals surface area contributed by atoms with Crippen molar-refractivity contribution in [2.45, 2.75) is 32.4 Å². The second kappa shape index (κ2) is 8.61. The van der Waals surface area contributed by atoms with E-state index in [1.54, 1.807) is 0 Å². The average molecular weight is 443 g/mol. The molecule has 8 nitrogen and oxygen atoms in total. The average Bonchev–Trinajstić information content (AvgIpc) is 3.38. The minimum atomic E-state index is 0.356. The van der Waals surface area contributed by atoms with Gasteiger partial charge in [0.05, 0.1) is 17.2 Å². The lowest BCUT2D eigenvalue weighted by atomic mass is 10.1. The van der Waals surface area contributed by atoms with Gasteiger partial charge >= 0.3 is 0 Å². The zero-order chi connectivity index (χ0) is 22.2. The quantitative estimate of drug-likeness (QED) is 0.402. The predicted molar refractivity (Wildman–Crippen MR) is 130 cm³/mol. The number of hydrogen-bond donors (Lipinski definition) is 3. The van der Waals surface area contributed by atoms with Gasteiger partial charge in [-0.3, -0.25) is 9.58 Å². The lowest BCUT2D eigenvalue weighted by Gasteiger charge is -2.33. The van der Waals surface area contributed by atoms with Gasteiger partial charge in [-0.25, -0.2) is 9.97 Å². The molecule has 1 aliphatic heterocycles. The molecule has 1 unspecified atom stereocenters. The fourth-order valence-electron chi connectivity index (χ4n) is 4.60. The predicted octanol–water partition coefficient (Wildman–Crippen LogP) is 3.94. The summed E-state index contributed by atoms with van der Waals surface area (Å²) in [5, 5.41) is 11.3. The number of imidazole rings is 1. The van der Waals surface area contributed by atoms with Gasteiger partial charge in [-0.15, -0.1) is 0 Å². The lowest BCUT2D eigenvalue weighted by molar-refractivity contribution is 0.185. The summed E-state index contributed by atoms with van der Waals surface area (Å²) >= 11 is 0. The number of aromatic nitrogens is 5. The van der Waals surface area contributed by atoms with Gasteiger partial charge in [0.15, 0.2) is 0 Å². The second-order valence-corrected chi connectivity index (χ2v) is 9.27. The summed E-state index contributed by atoms with van der Waals surface area (Å²) in [6, 6.07) is 10.9. The molecule has 3 aromatic heterocycles. The molecule has 1 aliphatic carbocycles. The van der Waals surface area contributed by atoms with Crippen molar-refractivity contribution in [3.8, 4) is 11.1 Å². The smallest absolute Gasteiger partial charge is 0.206 e. The normalized spacial score (nSPS) is 18.0. The van der Waals surface area contributed by atoms with Gasteiger partial charge in [-0.1, -0.05) is 6.07 Å². The Morgan fingerprint density at radius 3 is 2.85 bits per heavy atom. The Labute approximate surface area is 193 Å². The van der Waals surface area contributed by atoms with Crippen LogP contribution in [0.1, 0.15) is 31.4 Å². The summed E-state index contributed by atoms with van der Waals surface area (Å²) in [6.07, 6.45) is 8.63. The third-order valence-corrected chi connectivity index (χ3v) is 6.80. The van der Waals surface area contributed by atoms with Crippen molar-refractivity contribution in [3.63, 3.8) is 0 Å². The number of pyridine rings is 1. The molecule has 2 fully saturated rings. The summed E-state index contributed by atoms with van der Waals surface area (Å²) in [4.78, 5) is 15.1. The van der Waals surface area contributed by atoms with E-state index in [1.807, 2.05) is 12.4 Å². The molecule has 8 heteroatoms. The topological polar surface area (TPSA) is 86.7 Å². The highest BCUT2D eigenvalue weighted by atomic mass is 15.3. The number of aromatic amines is 1. The monoisotopic (exact) mass is 442 g/mol. The fraction of sp³-hybridized carbons (Fsp3) is 0.400. The van der Waals surface area contributed by atoms with Crippen LogP contribution in [0.5, 0.6) is 0 Å². The van der Waals surface area contributed by atoms with Crippen LogP contribution in [0.3, 0.4) is 0 Å². The van der Waals surface area contributed by atoms with E-state index < -0.39 is 0 Å². The summed E-state index contributed by atoms with van der Waals surface area (Å²) in [6.45, 7) is 7.51. The van der Waals surface area contributed by atoms with Crippen molar-refractivity contribution in [3.05, 3.63) is 54.5 Å². The summed E-state index contributed by atoms with van der Waals surface area (Å²) in [7, 11) is 0. The van der Waals surface area contributed by atoms with Gasteiger partial charge in [0.25, 0.3) is 0 Å². The molecular weight excluding hydrogens is 412 g/mol. The van der Waals surface area contributed by atoms with Crippen LogP contribution in [0.2, 0.25) is 0 Å². The Morgan fingerprint density at radius 2 is 2.00 bits per heavy atom. The van der Waals surface area contributed by atoms with E-state index in [0.717, 1.165) is 66.6 Å². The number of nitrogens with one attached hydrogen (secondary N) is 3. The van der Waals surface area contributed by atoms with E-state index in [4.69, 9.17) is 4.98 Å². The Bertz CT molecular complexity index is 1250. The van der Waals surface area contributed by atoms with Crippen molar-refractivity contribution >= 4 is 22.8 Å². The Balaban J connectivity index is 1.19. The number of fused-ring (bicyclic) bond motifs is 1. The van der Waals surface area contributed by atoms with Crippen LogP contribution in [0, 0.1) is 5.92 Å². The lowest BCUT2D eigenvalue weighted by Crippen LogP contribution is -2.44. The third kappa shape index (κ3) is 4.49. The van der Waals surface area contributed by atoms with Crippen LogP contribution in [-0.2, 0) is 6.54 Å². The first-order valence-electron chi connectivity index (χ1n) is 11.9. The van der Waals surface area contributed by atoms with Crippen molar-refractivity contribution < 1.29 is 0 Å². The van der Waals surface area contributed by atoms with Crippen LogP contribution < -0.4 is 10.6 Å². The van der Waals surface area contributed by atoms with Crippen LogP contribution in [0.15, 0.2) is 48.9 Å². The number of hydrogen-bond acceptors (Lipinski definition) is 6. The number of H-pyrrole nitrogens is 1. The first-order chi connectivity index (χ1) is 16.2. The van der Waals surface area contributed by atoms with E-state index in [9.17, 15) is 0 Å². The van der Waals surface area contributed by atoms with Crippen molar-refractivity contribution in [1.29, 1.82) is 0 Å². The highest BCUT2D eigenvalue weighted by Gasteiger charge is 2.22. The van der Waals surface area contributed by atoms with Crippen molar-refractivity contribution in [2.24, 2.45) is 5.92 Å². The fourth-order valence-corrected chi connectivity index (χ4v) is 4.60. The first-order valence-corrected chi connectivity index (χ1v) is 11.9. The molecule has 0 bridgehead atoms. The maximum absolute atomic E-state index is 4.71. The number of benzene rings is 1. The number of nitrogens with zero attached hydrogens (tertiary/aromatic N) is 5. The summed E-state index contributed by atoms with van der Waals surface area (Å²) in [5.41, 5.74) is 5.46. The highest BCUT2D eigenvalue weighted by Crippen LogP contribution is 2.31. The standard InChI is InChI=1S/C25H30N8/c1-17(32-10-8-26-9-11-32)19-6-7-27-24(13-19)31-25-29-22-5-4-20(12-23(22)30-25)21-14-28-33(16-21)15-18-2-3-18/h4-7,12-14,16-18,26H,2-3,8-11,15H2,1H3,(H2,27,29,30,31). The third-order valence-electron chi connectivity index (χ3n) is 6.80. The van der Waals surface area contributed by atoms with E-state index in [-0.39, 0.29) is 0 Å². The molecule has 0 spiro atoms. The van der Waals surface area contributed by atoms with Crippen LogP contribution >= 0.6 is 0 Å². The summed E-state index contributed by atoms with van der Waals surface area (Å²) in [5.74, 6) is 2.31. The van der Waals surface area contributed by atoms with E-state index in [0.29, 0.717) is 12.0 Å². The molecule has 1 saturated heterocycles. The minimum absolute atomic E-state index is 0.356. The molecule has 170 valence electrons. The van der Waals surface area contributed by atoms with Crippen LogP contribution in [0.4, 0.5) is 11.8 Å². The maximum atomic E-state index is 4.71. The number of anilines is 2. The molecule has 2 aliphatic rings. The van der Waals surface area contributed by atoms with Crippen LogP contribution in [0.25, 0.3) is 22.2 Å². The van der Waals surface area contributed by atoms with E-state index >= 15 is 0 Å². The van der Waals surface area contributed by atoms with Gasteiger partial charge in [0, 0.05) is 56.7 Å². The molecule has 6 rings (SSSR count). The molecule has 1 atom stereocenters. The molecule has 1 saturated carbocycles.